The van der Waals surface area contributed by atoms with Gasteiger partial charge in [-0.1, -0.05) is 109 Å². The minimum atomic E-state index is -1.66. The minimum absolute atomic E-state index is 0.245. The first kappa shape index (κ1) is 28.5. The summed E-state index contributed by atoms with van der Waals surface area (Å²) in [6, 6.07) is 37.9. The van der Waals surface area contributed by atoms with E-state index in [4.69, 9.17) is 18.9 Å². The van der Waals surface area contributed by atoms with Gasteiger partial charge < -0.3 is 18.9 Å². The Bertz CT molecular complexity index is 1270. The van der Waals surface area contributed by atoms with E-state index < -0.39 is 30.8 Å². The second-order valence-electron chi connectivity index (χ2n) is 9.93. The first-order valence-electron chi connectivity index (χ1n) is 13.6. The van der Waals surface area contributed by atoms with Crippen LogP contribution < -0.4 is 0 Å². The lowest BCUT2D eigenvalue weighted by atomic mass is 9.99. The van der Waals surface area contributed by atoms with Crippen LogP contribution in [-0.4, -0.2) is 36.5 Å². The maximum atomic E-state index is 15.8. The number of thioether (sulfide) groups is 1. The summed E-state index contributed by atoms with van der Waals surface area (Å²) in [4.78, 5) is 1.09. The van der Waals surface area contributed by atoms with Crippen molar-refractivity contribution in [3.63, 3.8) is 0 Å². The van der Waals surface area contributed by atoms with E-state index in [1.807, 2.05) is 91.0 Å². The molecule has 0 radical (unpaired) electrons. The zero-order valence-corrected chi connectivity index (χ0v) is 23.4. The van der Waals surface area contributed by atoms with E-state index >= 15 is 4.39 Å². The van der Waals surface area contributed by atoms with Gasteiger partial charge in [-0.3, -0.25) is 0 Å². The molecule has 0 spiro atoms. The summed E-state index contributed by atoms with van der Waals surface area (Å²) < 4.78 is 40.9. The Balaban J connectivity index is 1.38. The van der Waals surface area contributed by atoms with Crippen molar-refractivity contribution in [2.45, 2.75) is 62.4 Å². The van der Waals surface area contributed by atoms with Crippen LogP contribution >= 0.6 is 11.8 Å². The van der Waals surface area contributed by atoms with Crippen molar-refractivity contribution < 1.29 is 23.3 Å². The molecule has 40 heavy (non-hydrogen) atoms. The van der Waals surface area contributed by atoms with E-state index in [9.17, 15) is 0 Å². The Labute approximate surface area is 240 Å². The lowest BCUT2D eigenvalue weighted by Gasteiger charge is -2.43. The molecular formula is C34H35FO4S. The maximum absolute atomic E-state index is 15.8. The van der Waals surface area contributed by atoms with Crippen LogP contribution in [0.15, 0.2) is 120 Å². The molecule has 0 amide bonds. The van der Waals surface area contributed by atoms with Crippen molar-refractivity contribution in [1.29, 1.82) is 0 Å². The molecule has 4 nitrogen and oxygen atoms in total. The predicted octanol–water partition coefficient (Wildman–Crippen LogP) is 7.54. The number of hydrogen-bond donors (Lipinski definition) is 0. The zero-order chi connectivity index (χ0) is 27.6. The normalized spacial score (nSPS) is 22.7. The smallest absolute Gasteiger partial charge is 0.228 e. The van der Waals surface area contributed by atoms with Gasteiger partial charge in [-0.05, 0) is 35.7 Å². The number of hydrogen-bond acceptors (Lipinski definition) is 5. The van der Waals surface area contributed by atoms with Gasteiger partial charge in [-0.2, -0.15) is 0 Å². The molecule has 0 bridgehead atoms. The van der Waals surface area contributed by atoms with Crippen molar-refractivity contribution in [1.82, 2.24) is 0 Å². The highest BCUT2D eigenvalue weighted by molar-refractivity contribution is 7.99. The number of rotatable bonds is 12. The third-order valence-corrected chi connectivity index (χ3v) is 7.97. The van der Waals surface area contributed by atoms with Crippen LogP contribution in [0.5, 0.6) is 0 Å². The van der Waals surface area contributed by atoms with E-state index in [0.717, 1.165) is 21.6 Å². The van der Waals surface area contributed by atoms with Crippen LogP contribution in [-0.2, 0) is 38.8 Å². The van der Waals surface area contributed by atoms with Crippen molar-refractivity contribution >= 4 is 11.8 Å². The number of aryl methyl sites for hydroxylation is 1. The molecule has 4 aromatic rings. The zero-order valence-electron chi connectivity index (χ0n) is 22.6. The molecule has 1 fully saturated rings. The molecule has 1 saturated heterocycles. The molecule has 6 heteroatoms. The van der Waals surface area contributed by atoms with Gasteiger partial charge in [-0.15, -0.1) is 11.8 Å². The Morgan fingerprint density at radius 1 is 0.600 bits per heavy atom. The van der Waals surface area contributed by atoms with Gasteiger partial charge >= 0.3 is 0 Å². The standard InChI is InChI=1S/C34H35FO4S/c1-25-17-19-29(20-18-25)40-24-30-31(36-21-26-11-5-2-6-12-26)32(37-22-27-13-7-3-8-14-27)33(34(35)39-30)38-23-28-15-9-4-10-16-28/h2-20,30-34H,21-24H2,1H3/t30-,31+,32+,33-,34-/m1/s1. The third-order valence-electron chi connectivity index (χ3n) is 6.87. The second-order valence-corrected chi connectivity index (χ2v) is 11.0. The summed E-state index contributed by atoms with van der Waals surface area (Å²) in [5.74, 6) is 0.513. The van der Waals surface area contributed by atoms with Gasteiger partial charge in [0.15, 0.2) is 0 Å². The molecule has 5 atom stereocenters. The number of alkyl halides is 1. The SMILES string of the molecule is Cc1ccc(SC[C@H]2O[C@@H](F)[C@H](OCc3ccccc3)[C@@H](OCc3ccccc3)[C@H]2OCc2ccccc2)cc1. The lowest BCUT2D eigenvalue weighted by molar-refractivity contribution is -0.287. The summed E-state index contributed by atoms with van der Waals surface area (Å²) in [5.41, 5.74) is 4.17. The molecule has 0 unspecified atom stereocenters. The van der Waals surface area contributed by atoms with E-state index in [2.05, 4.69) is 31.2 Å². The lowest BCUT2D eigenvalue weighted by Crippen LogP contribution is -2.59. The molecule has 0 aliphatic carbocycles. The summed E-state index contributed by atoms with van der Waals surface area (Å²) in [5, 5.41) is 0. The number of halogens is 1. The van der Waals surface area contributed by atoms with E-state index in [-0.39, 0.29) is 6.61 Å². The molecule has 1 aliphatic rings. The van der Waals surface area contributed by atoms with Gasteiger partial charge in [0.1, 0.15) is 18.3 Å². The van der Waals surface area contributed by atoms with Gasteiger partial charge in [-0.25, -0.2) is 4.39 Å². The molecular weight excluding hydrogens is 523 g/mol. The van der Waals surface area contributed by atoms with Crippen LogP contribution in [0.1, 0.15) is 22.3 Å². The third kappa shape index (κ3) is 8.03. The fourth-order valence-corrected chi connectivity index (χ4v) is 5.63. The van der Waals surface area contributed by atoms with Crippen LogP contribution in [0, 0.1) is 6.92 Å². The Kier molecular flexibility index (Phi) is 10.4. The topological polar surface area (TPSA) is 36.9 Å². The molecule has 0 N–H and O–H groups in total. The molecule has 4 aromatic carbocycles. The predicted molar refractivity (Wildman–Crippen MR) is 157 cm³/mol. The van der Waals surface area contributed by atoms with Crippen LogP contribution in [0.25, 0.3) is 0 Å². The van der Waals surface area contributed by atoms with Crippen LogP contribution in [0.4, 0.5) is 4.39 Å². The monoisotopic (exact) mass is 558 g/mol. The molecule has 208 valence electrons. The van der Waals surface area contributed by atoms with Gasteiger partial charge in [0.2, 0.25) is 6.36 Å². The van der Waals surface area contributed by atoms with Crippen LogP contribution in [0.3, 0.4) is 0 Å². The molecule has 5 rings (SSSR count). The van der Waals surface area contributed by atoms with E-state index in [1.165, 1.54) is 5.56 Å². The summed E-state index contributed by atoms with van der Waals surface area (Å²) in [6.07, 6.45) is -4.38. The Hall–Kier alpha value is -3.00. The first-order chi connectivity index (χ1) is 19.7. The number of ether oxygens (including phenoxy) is 4. The Morgan fingerprint density at radius 3 is 1.55 bits per heavy atom. The van der Waals surface area contributed by atoms with Gasteiger partial charge in [0, 0.05) is 10.6 Å². The first-order valence-corrected chi connectivity index (χ1v) is 14.6. The van der Waals surface area contributed by atoms with Crippen LogP contribution in [0.2, 0.25) is 0 Å². The van der Waals surface area contributed by atoms with Crippen molar-refractivity contribution in [3.8, 4) is 0 Å². The van der Waals surface area contributed by atoms with Gasteiger partial charge in [0.05, 0.1) is 25.9 Å². The average molecular weight is 559 g/mol. The van der Waals surface area contributed by atoms with Gasteiger partial charge in [0.25, 0.3) is 0 Å². The summed E-state index contributed by atoms with van der Waals surface area (Å²) >= 11 is 1.62. The summed E-state index contributed by atoms with van der Waals surface area (Å²) in [7, 11) is 0. The second kappa shape index (κ2) is 14.6. The molecule has 1 heterocycles. The largest absolute Gasteiger partial charge is 0.368 e. The highest BCUT2D eigenvalue weighted by Gasteiger charge is 2.48. The average Bonchev–Trinajstić information content (AvgIpc) is 3.00. The Morgan fingerprint density at radius 2 is 1.05 bits per heavy atom. The summed E-state index contributed by atoms with van der Waals surface area (Å²) in [6.45, 7) is 2.97. The highest BCUT2D eigenvalue weighted by atomic mass is 32.2. The van der Waals surface area contributed by atoms with Crippen molar-refractivity contribution in [2.75, 3.05) is 5.75 Å². The van der Waals surface area contributed by atoms with E-state index in [0.29, 0.717) is 19.0 Å². The number of benzene rings is 4. The highest BCUT2D eigenvalue weighted by Crippen LogP contribution is 2.34. The fraction of sp³-hybridized carbons (Fsp3) is 0.294. The molecule has 0 saturated carbocycles. The quantitative estimate of drug-likeness (QED) is 0.168. The minimum Gasteiger partial charge on any atom is -0.368 e. The van der Waals surface area contributed by atoms with Crippen molar-refractivity contribution in [2.24, 2.45) is 0 Å². The molecule has 0 aromatic heterocycles. The van der Waals surface area contributed by atoms with E-state index in [1.54, 1.807) is 11.8 Å². The fourth-order valence-electron chi connectivity index (χ4n) is 4.68. The maximum Gasteiger partial charge on any atom is 0.228 e. The molecule has 1 aliphatic heterocycles. The van der Waals surface area contributed by atoms with Crippen molar-refractivity contribution in [3.05, 3.63) is 138 Å².